The minimum atomic E-state index is -3.68. The van der Waals surface area contributed by atoms with Gasteiger partial charge in [-0.25, -0.2) is 8.42 Å². The molecule has 4 rings (SSSR count). The number of hydrogen-bond donors (Lipinski definition) is 1. The van der Waals surface area contributed by atoms with Crippen LogP contribution in [0.5, 0.6) is 5.75 Å². The normalized spacial score (nSPS) is 27.0. The van der Waals surface area contributed by atoms with E-state index >= 15 is 0 Å². The molecule has 1 aliphatic heterocycles. The Balaban J connectivity index is 1.60. The van der Waals surface area contributed by atoms with Crippen molar-refractivity contribution in [3.63, 3.8) is 0 Å². The number of hydrogen-bond acceptors (Lipinski definition) is 5. The van der Waals surface area contributed by atoms with Crippen LogP contribution in [0.4, 0.5) is 0 Å². The van der Waals surface area contributed by atoms with Gasteiger partial charge in [0, 0.05) is 24.6 Å². The van der Waals surface area contributed by atoms with Crippen LogP contribution in [0, 0.1) is 11.8 Å². The van der Waals surface area contributed by atoms with Crippen molar-refractivity contribution < 1.29 is 23.1 Å². The van der Waals surface area contributed by atoms with Crippen molar-refractivity contribution in [2.24, 2.45) is 11.8 Å². The fraction of sp³-hybridized carbons (Fsp3) is 0.409. The highest BCUT2D eigenvalue weighted by Gasteiger charge is 2.54. The summed E-state index contributed by atoms with van der Waals surface area (Å²) in [7, 11) is -2.10. The standard InChI is InChI=1S/C22H25NO5S/c1-15(24)16-6-8-20(9-7-16)29(26,27)23-13-17-10-11-22(25,21(17)14-23)18-4-3-5-19(12-18)28-2/h3-9,12,17,21,25H,10-11,13-14H2,1-2H3/t17-,21+,22+/m1/s1. The van der Waals surface area contributed by atoms with Gasteiger partial charge in [-0.2, -0.15) is 4.31 Å². The topological polar surface area (TPSA) is 83.9 Å². The Labute approximate surface area is 171 Å². The third-order valence-electron chi connectivity index (χ3n) is 6.39. The quantitative estimate of drug-likeness (QED) is 0.759. The molecule has 0 bridgehead atoms. The van der Waals surface area contributed by atoms with Gasteiger partial charge in [0.25, 0.3) is 0 Å². The van der Waals surface area contributed by atoms with Crippen molar-refractivity contribution in [2.45, 2.75) is 30.3 Å². The van der Waals surface area contributed by atoms with Crippen LogP contribution in [0.1, 0.15) is 35.7 Å². The first-order valence-electron chi connectivity index (χ1n) is 9.74. The van der Waals surface area contributed by atoms with E-state index in [0.717, 1.165) is 12.0 Å². The van der Waals surface area contributed by atoms with Gasteiger partial charge in [-0.15, -0.1) is 0 Å². The SMILES string of the molecule is COc1cccc([C@@]2(O)CC[C@@H]3CN(S(=O)(=O)c4ccc(C(C)=O)cc4)C[C@@H]32)c1. The smallest absolute Gasteiger partial charge is 0.243 e. The predicted molar refractivity (Wildman–Crippen MR) is 108 cm³/mol. The maximum absolute atomic E-state index is 13.1. The van der Waals surface area contributed by atoms with Gasteiger partial charge in [0.05, 0.1) is 17.6 Å². The van der Waals surface area contributed by atoms with Crippen molar-refractivity contribution in [1.29, 1.82) is 0 Å². The molecular weight excluding hydrogens is 390 g/mol. The minimum absolute atomic E-state index is 0.104. The van der Waals surface area contributed by atoms with Crippen LogP contribution in [-0.4, -0.2) is 43.8 Å². The highest BCUT2D eigenvalue weighted by atomic mass is 32.2. The van der Waals surface area contributed by atoms with Crippen molar-refractivity contribution in [1.82, 2.24) is 4.31 Å². The number of rotatable bonds is 5. The second-order valence-corrected chi connectivity index (χ2v) is 9.90. The Morgan fingerprint density at radius 2 is 1.90 bits per heavy atom. The molecule has 1 N–H and O–H groups in total. The molecule has 1 saturated carbocycles. The van der Waals surface area contributed by atoms with Gasteiger partial charge in [0.1, 0.15) is 5.75 Å². The number of methoxy groups -OCH3 is 1. The average molecular weight is 416 g/mol. The van der Waals surface area contributed by atoms with Gasteiger partial charge < -0.3 is 9.84 Å². The zero-order valence-corrected chi connectivity index (χ0v) is 17.4. The molecule has 0 amide bonds. The minimum Gasteiger partial charge on any atom is -0.497 e. The average Bonchev–Trinajstić information content (AvgIpc) is 3.30. The molecule has 0 unspecified atom stereocenters. The molecule has 2 aromatic carbocycles. The molecule has 1 aliphatic carbocycles. The summed E-state index contributed by atoms with van der Waals surface area (Å²) in [5, 5.41) is 11.5. The summed E-state index contributed by atoms with van der Waals surface area (Å²) in [5.41, 5.74) is 0.186. The third kappa shape index (κ3) is 3.37. The molecule has 6 nitrogen and oxygen atoms in total. The van der Waals surface area contributed by atoms with Gasteiger partial charge >= 0.3 is 0 Å². The first-order chi connectivity index (χ1) is 13.8. The molecule has 2 aliphatic rings. The molecule has 0 aromatic heterocycles. The maximum Gasteiger partial charge on any atom is 0.243 e. The van der Waals surface area contributed by atoms with Crippen LogP contribution in [0.2, 0.25) is 0 Å². The van der Waals surface area contributed by atoms with Crippen molar-refractivity contribution in [3.8, 4) is 5.75 Å². The lowest BCUT2D eigenvalue weighted by atomic mass is 9.82. The lowest BCUT2D eigenvalue weighted by Crippen LogP contribution is -2.36. The van der Waals surface area contributed by atoms with Crippen molar-refractivity contribution in [3.05, 3.63) is 59.7 Å². The number of carbonyl (C=O) groups is 1. The van der Waals surface area contributed by atoms with Crippen LogP contribution in [0.3, 0.4) is 0 Å². The van der Waals surface area contributed by atoms with E-state index in [9.17, 15) is 18.3 Å². The van der Waals surface area contributed by atoms with Gasteiger partial charge in [-0.3, -0.25) is 4.79 Å². The number of ketones is 1. The first-order valence-corrected chi connectivity index (χ1v) is 11.2. The van der Waals surface area contributed by atoms with E-state index in [4.69, 9.17) is 4.74 Å². The molecule has 0 spiro atoms. The molecular formula is C22H25NO5S. The molecule has 2 fully saturated rings. The molecule has 1 heterocycles. The Morgan fingerprint density at radius 1 is 1.17 bits per heavy atom. The number of fused-ring (bicyclic) bond motifs is 1. The van der Waals surface area contributed by atoms with E-state index in [-0.39, 0.29) is 29.1 Å². The molecule has 3 atom stereocenters. The highest BCUT2D eigenvalue weighted by Crippen LogP contribution is 2.51. The van der Waals surface area contributed by atoms with Crippen molar-refractivity contribution >= 4 is 15.8 Å². The number of nitrogens with zero attached hydrogens (tertiary/aromatic N) is 1. The second-order valence-electron chi connectivity index (χ2n) is 7.96. The van der Waals surface area contributed by atoms with Crippen LogP contribution >= 0.6 is 0 Å². The Morgan fingerprint density at radius 3 is 2.55 bits per heavy atom. The summed E-state index contributed by atoms with van der Waals surface area (Å²) >= 11 is 0. The van der Waals surface area contributed by atoms with E-state index in [1.807, 2.05) is 24.3 Å². The number of sulfonamides is 1. The third-order valence-corrected chi connectivity index (χ3v) is 8.23. The van der Waals surface area contributed by atoms with E-state index in [1.54, 1.807) is 19.2 Å². The van der Waals surface area contributed by atoms with Gasteiger partial charge in [-0.05, 0) is 55.5 Å². The lowest BCUT2D eigenvalue weighted by molar-refractivity contribution is -0.00416. The van der Waals surface area contributed by atoms with Crippen LogP contribution in [0.15, 0.2) is 53.4 Å². The number of ether oxygens (including phenoxy) is 1. The predicted octanol–water partition coefficient (Wildman–Crippen LogP) is 2.82. The number of benzene rings is 2. The van der Waals surface area contributed by atoms with Gasteiger partial charge in [0.2, 0.25) is 10.0 Å². The zero-order chi connectivity index (χ0) is 20.8. The van der Waals surface area contributed by atoms with Crippen LogP contribution < -0.4 is 4.74 Å². The fourth-order valence-corrected chi connectivity index (χ4v) is 6.24. The molecule has 1 saturated heterocycles. The second kappa shape index (κ2) is 7.23. The first kappa shape index (κ1) is 20.1. The molecule has 0 radical (unpaired) electrons. The molecule has 2 aromatic rings. The van der Waals surface area contributed by atoms with Crippen LogP contribution in [0.25, 0.3) is 0 Å². The summed E-state index contributed by atoms with van der Waals surface area (Å²) in [6, 6.07) is 13.4. The largest absolute Gasteiger partial charge is 0.497 e. The van der Waals surface area contributed by atoms with E-state index in [1.165, 1.54) is 23.4 Å². The zero-order valence-electron chi connectivity index (χ0n) is 16.5. The Hall–Kier alpha value is -2.22. The highest BCUT2D eigenvalue weighted by molar-refractivity contribution is 7.89. The monoisotopic (exact) mass is 415 g/mol. The maximum atomic E-state index is 13.1. The van der Waals surface area contributed by atoms with E-state index < -0.39 is 15.6 Å². The summed E-state index contributed by atoms with van der Waals surface area (Å²) in [6.45, 7) is 2.12. The molecule has 7 heteroatoms. The molecule has 154 valence electrons. The summed E-state index contributed by atoms with van der Waals surface area (Å²) < 4.78 is 33.0. The number of Topliss-reactive ketones (excluding diaryl/α,β-unsaturated/α-hetero) is 1. The van der Waals surface area contributed by atoms with Crippen LogP contribution in [-0.2, 0) is 15.6 Å². The van der Waals surface area contributed by atoms with E-state index in [0.29, 0.717) is 24.3 Å². The summed E-state index contributed by atoms with van der Waals surface area (Å²) in [4.78, 5) is 11.6. The molecule has 29 heavy (non-hydrogen) atoms. The van der Waals surface area contributed by atoms with Crippen molar-refractivity contribution in [2.75, 3.05) is 20.2 Å². The fourth-order valence-electron chi connectivity index (χ4n) is 4.71. The summed E-state index contributed by atoms with van der Waals surface area (Å²) in [6.07, 6.45) is 1.38. The number of aliphatic hydroxyl groups is 1. The Bertz CT molecular complexity index is 1030. The van der Waals surface area contributed by atoms with Gasteiger partial charge in [0.15, 0.2) is 5.78 Å². The lowest BCUT2D eigenvalue weighted by Gasteiger charge is -2.31. The summed E-state index contributed by atoms with van der Waals surface area (Å²) in [5.74, 6) is 0.513. The van der Waals surface area contributed by atoms with Gasteiger partial charge in [-0.1, -0.05) is 24.3 Å². The number of carbonyl (C=O) groups excluding carboxylic acids is 1. The van der Waals surface area contributed by atoms with E-state index in [2.05, 4.69) is 0 Å². The Kier molecular flexibility index (Phi) is 5.01.